The van der Waals surface area contributed by atoms with Gasteiger partial charge in [0, 0.05) is 30.0 Å². The van der Waals surface area contributed by atoms with Crippen molar-refractivity contribution in [2.24, 2.45) is 5.84 Å². The van der Waals surface area contributed by atoms with Crippen molar-refractivity contribution in [2.75, 3.05) is 5.43 Å². The lowest BCUT2D eigenvalue weighted by Crippen LogP contribution is -2.73. The summed E-state index contributed by atoms with van der Waals surface area (Å²) >= 11 is 0. The first kappa shape index (κ1) is 17.8. The summed E-state index contributed by atoms with van der Waals surface area (Å²) in [5.41, 5.74) is 14.2. The molecule has 2 aromatic heterocycles. The van der Waals surface area contributed by atoms with E-state index in [0.29, 0.717) is 0 Å². The Labute approximate surface area is 169 Å². The number of H-pyrrole nitrogens is 2. The largest absolute Gasteiger partial charge is 0.349 e. The van der Waals surface area contributed by atoms with Crippen molar-refractivity contribution in [2.45, 2.75) is 24.8 Å². The molecule has 8 N–H and O–H groups in total. The van der Waals surface area contributed by atoms with E-state index in [9.17, 15) is 0 Å². The van der Waals surface area contributed by atoms with Crippen LogP contribution in [0.1, 0.15) is 24.8 Å². The molecule has 0 aliphatic heterocycles. The molecular weight excluding hydrogens is 358 g/mol. The summed E-state index contributed by atoms with van der Waals surface area (Å²) < 4.78 is 0. The first-order valence-electron chi connectivity index (χ1n) is 10.1. The Morgan fingerprint density at radius 2 is 1.69 bits per heavy atom. The molecule has 1 fully saturated rings. The molecule has 5 nitrogen and oxygen atoms in total. The lowest BCUT2D eigenvalue weighted by molar-refractivity contribution is -0.509. The normalized spacial score (nSPS) is 15.1. The van der Waals surface area contributed by atoms with Gasteiger partial charge in [-0.05, 0) is 30.2 Å². The quantitative estimate of drug-likeness (QED) is 0.373. The SMILES string of the molecule is NNc1[nH+]ccc2[nH+]c(-c3ccc(C4([NH3+])CCC4)cc3)c(-c3ccccc3)cc12. The third-order valence-electron chi connectivity index (χ3n) is 6.18. The number of anilines is 1. The van der Waals surface area contributed by atoms with Crippen LogP contribution in [0.25, 0.3) is 33.3 Å². The van der Waals surface area contributed by atoms with Crippen LogP contribution in [0.5, 0.6) is 0 Å². The maximum absolute atomic E-state index is 5.73. The van der Waals surface area contributed by atoms with Gasteiger partial charge in [-0.25, -0.2) is 9.97 Å². The van der Waals surface area contributed by atoms with E-state index in [-0.39, 0.29) is 5.54 Å². The molecule has 5 rings (SSSR count). The highest BCUT2D eigenvalue weighted by molar-refractivity contribution is 5.92. The van der Waals surface area contributed by atoms with Crippen LogP contribution in [-0.4, -0.2) is 0 Å². The minimum atomic E-state index is 0.103. The smallest absolute Gasteiger partial charge is 0.304 e. The van der Waals surface area contributed by atoms with Gasteiger partial charge in [0.2, 0.25) is 11.2 Å². The summed E-state index contributed by atoms with van der Waals surface area (Å²) in [6, 6.07) is 23.5. The number of nitrogens with one attached hydrogen (secondary N) is 3. The van der Waals surface area contributed by atoms with Crippen LogP contribution >= 0.6 is 0 Å². The Morgan fingerprint density at radius 1 is 0.931 bits per heavy atom. The highest BCUT2D eigenvalue weighted by Crippen LogP contribution is 2.38. The van der Waals surface area contributed by atoms with E-state index in [1.165, 1.54) is 24.8 Å². The number of rotatable bonds is 4. The van der Waals surface area contributed by atoms with E-state index in [4.69, 9.17) is 5.84 Å². The van der Waals surface area contributed by atoms with Crippen LogP contribution in [-0.2, 0) is 5.54 Å². The number of nitrogen functional groups attached to an aromatic ring is 1. The first-order chi connectivity index (χ1) is 14.2. The number of aromatic nitrogens is 2. The average Bonchev–Trinajstić information content (AvgIpc) is 2.77. The van der Waals surface area contributed by atoms with Gasteiger partial charge in [0.25, 0.3) is 0 Å². The van der Waals surface area contributed by atoms with Crippen molar-refractivity contribution in [3.05, 3.63) is 78.5 Å². The van der Waals surface area contributed by atoms with Crippen molar-refractivity contribution in [1.82, 2.24) is 0 Å². The number of fused-ring (bicyclic) bond motifs is 1. The molecule has 0 atom stereocenters. The highest BCUT2D eigenvalue weighted by atomic mass is 15.2. The van der Waals surface area contributed by atoms with E-state index in [2.05, 4.69) is 75.7 Å². The number of hydrazine groups is 1. The van der Waals surface area contributed by atoms with E-state index in [1.54, 1.807) is 0 Å². The number of aromatic amines is 2. The molecule has 0 saturated heterocycles. The fourth-order valence-electron chi connectivity index (χ4n) is 4.26. The minimum absolute atomic E-state index is 0.103. The van der Waals surface area contributed by atoms with Crippen LogP contribution in [0, 0.1) is 0 Å². The number of quaternary nitrogens is 1. The summed E-state index contributed by atoms with van der Waals surface area (Å²) in [5, 5.41) is 1.01. The fourth-order valence-corrected chi connectivity index (χ4v) is 4.26. The van der Waals surface area contributed by atoms with Crippen molar-refractivity contribution < 1.29 is 15.7 Å². The Morgan fingerprint density at radius 3 is 2.34 bits per heavy atom. The van der Waals surface area contributed by atoms with Crippen LogP contribution < -0.4 is 27.0 Å². The lowest BCUT2D eigenvalue weighted by Gasteiger charge is -2.34. The van der Waals surface area contributed by atoms with Gasteiger partial charge in [-0.3, -0.25) is 0 Å². The number of pyridine rings is 2. The Hall–Kier alpha value is -3.28. The van der Waals surface area contributed by atoms with Crippen molar-refractivity contribution in [1.29, 1.82) is 0 Å². The molecular formula is C24H26N5+3. The zero-order chi connectivity index (χ0) is 19.8. The lowest BCUT2D eigenvalue weighted by atomic mass is 9.72. The molecule has 0 spiro atoms. The second-order valence-electron chi connectivity index (χ2n) is 7.96. The molecule has 1 aliphatic carbocycles. The van der Waals surface area contributed by atoms with Crippen LogP contribution in [0.3, 0.4) is 0 Å². The molecule has 144 valence electrons. The molecule has 1 saturated carbocycles. The average molecular weight is 385 g/mol. The Kier molecular flexibility index (Phi) is 4.27. The zero-order valence-electron chi connectivity index (χ0n) is 16.3. The van der Waals surface area contributed by atoms with Crippen LogP contribution in [0.4, 0.5) is 5.82 Å². The Bertz CT molecular complexity index is 1170. The number of benzene rings is 2. The van der Waals surface area contributed by atoms with Gasteiger partial charge in [-0.2, -0.15) is 11.3 Å². The molecule has 0 unspecified atom stereocenters. The molecule has 1 aliphatic rings. The predicted molar refractivity (Wildman–Crippen MR) is 114 cm³/mol. The number of nitrogens with two attached hydrogens (primary N) is 1. The maximum atomic E-state index is 5.73. The monoisotopic (exact) mass is 384 g/mol. The molecule has 4 aromatic rings. The van der Waals surface area contributed by atoms with Crippen molar-refractivity contribution in [3.63, 3.8) is 0 Å². The second kappa shape index (κ2) is 6.95. The molecule has 0 radical (unpaired) electrons. The van der Waals surface area contributed by atoms with E-state index in [1.807, 2.05) is 18.3 Å². The Balaban J connectivity index is 1.69. The highest BCUT2D eigenvalue weighted by Gasteiger charge is 2.38. The summed E-state index contributed by atoms with van der Waals surface area (Å²) in [6.07, 6.45) is 5.51. The molecule has 0 amide bonds. The second-order valence-corrected chi connectivity index (χ2v) is 7.96. The molecule has 2 aromatic carbocycles. The summed E-state index contributed by atoms with van der Waals surface area (Å²) in [5.74, 6) is 6.51. The van der Waals surface area contributed by atoms with E-state index >= 15 is 0 Å². The predicted octanol–water partition coefficient (Wildman–Crippen LogP) is 2.71. The summed E-state index contributed by atoms with van der Waals surface area (Å²) in [6.45, 7) is 0. The molecule has 29 heavy (non-hydrogen) atoms. The maximum Gasteiger partial charge on any atom is 0.304 e. The van der Waals surface area contributed by atoms with Gasteiger partial charge in [0.1, 0.15) is 10.9 Å². The van der Waals surface area contributed by atoms with Gasteiger partial charge in [-0.15, -0.1) is 0 Å². The molecule has 5 heteroatoms. The van der Waals surface area contributed by atoms with Gasteiger partial charge in [-0.1, -0.05) is 42.5 Å². The van der Waals surface area contributed by atoms with Crippen molar-refractivity contribution in [3.8, 4) is 22.4 Å². The standard InChI is InChI=1S/C24H23N5/c25-24(12-4-13-24)18-9-7-17(8-10-18)22-19(16-5-2-1-3-6-16)15-20-21(28-22)11-14-27-23(20)29-26/h1-3,5-11,14-15H,4,12-13,25-26H2,(H,27,29)/p+3. The van der Waals surface area contributed by atoms with E-state index in [0.717, 1.165) is 39.1 Å². The number of hydrogen-bond donors (Lipinski definition) is 3. The van der Waals surface area contributed by atoms with Gasteiger partial charge in [0.05, 0.1) is 11.8 Å². The fraction of sp³-hybridized carbons (Fsp3) is 0.167. The third-order valence-corrected chi connectivity index (χ3v) is 6.18. The van der Waals surface area contributed by atoms with Crippen LogP contribution in [0.2, 0.25) is 0 Å². The van der Waals surface area contributed by atoms with Gasteiger partial charge < -0.3 is 5.73 Å². The topological polar surface area (TPSA) is 94.0 Å². The van der Waals surface area contributed by atoms with E-state index < -0.39 is 0 Å². The van der Waals surface area contributed by atoms with Gasteiger partial charge in [0.15, 0.2) is 0 Å². The van der Waals surface area contributed by atoms with Crippen LogP contribution in [0.15, 0.2) is 72.9 Å². The van der Waals surface area contributed by atoms with Crippen molar-refractivity contribution >= 4 is 16.7 Å². The molecule has 2 heterocycles. The minimum Gasteiger partial charge on any atom is -0.349 e. The number of hydrogen-bond acceptors (Lipinski definition) is 2. The molecule has 0 bridgehead atoms. The van der Waals surface area contributed by atoms with Gasteiger partial charge >= 0.3 is 5.82 Å². The first-order valence-corrected chi connectivity index (χ1v) is 10.1. The zero-order valence-corrected chi connectivity index (χ0v) is 16.3. The third kappa shape index (κ3) is 3.05. The summed E-state index contributed by atoms with van der Waals surface area (Å²) in [4.78, 5) is 6.81. The summed E-state index contributed by atoms with van der Waals surface area (Å²) in [7, 11) is 0.